The van der Waals surface area contributed by atoms with E-state index in [0.29, 0.717) is 16.5 Å². The number of benzene rings is 1. The fraction of sp³-hybridized carbons (Fsp3) is 0.294. The number of hydrogen-bond donors (Lipinski definition) is 1. The van der Waals surface area contributed by atoms with Gasteiger partial charge in [-0.15, -0.1) is 11.3 Å². The number of carbonyl (C=O) groups is 1. The Kier molecular flexibility index (Phi) is 5.73. The number of hydrogen-bond acceptors (Lipinski definition) is 5. The predicted molar refractivity (Wildman–Crippen MR) is 94.8 cm³/mol. The summed E-state index contributed by atoms with van der Waals surface area (Å²) in [4.78, 5) is 18.3. The largest absolute Gasteiger partial charge is 0.488 e. The van der Waals surface area contributed by atoms with Crippen molar-refractivity contribution >= 4 is 34.6 Å². The molecule has 138 valence electrons. The maximum atomic E-state index is 13.5. The summed E-state index contributed by atoms with van der Waals surface area (Å²) >= 11 is 7.26. The lowest BCUT2D eigenvalue weighted by Crippen LogP contribution is -2.42. The number of rotatable bonds is 6. The number of carbonyl (C=O) groups excluding carboxylic acids is 1. The minimum Gasteiger partial charge on any atom is -0.488 e. The van der Waals surface area contributed by atoms with Crippen molar-refractivity contribution in [3.05, 3.63) is 51.2 Å². The first kappa shape index (κ1) is 18.6. The molecule has 2 atom stereocenters. The Bertz CT molecular complexity index is 843. The molecule has 0 bridgehead atoms. The SMILES string of the molecule is C[C@@H](COc1ccc(F)cc1F)NC(=O)[C@H]1CC(c2ccc(Cl)s2)=NO1. The molecule has 1 aromatic heterocycles. The molecule has 1 N–H and O–H groups in total. The summed E-state index contributed by atoms with van der Waals surface area (Å²) in [5, 5.41) is 6.65. The number of ether oxygens (including phenoxy) is 1. The van der Waals surface area contributed by atoms with Crippen molar-refractivity contribution < 1.29 is 23.1 Å². The van der Waals surface area contributed by atoms with Gasteiger partial charge in [0, 0.05) is 12.5 Å². The molecule has 3 rings (SSSR count). The molecule has 0 saturated carbocycles. The van der Waals surface area contributed by atoms with E-state index in [1.54, 1.807) is 13.0 Å². The second-order valence-electron chi connectivity index (χ2n) is 5.74. The molecular formula is C17H15ClF2N2O3S. The maximum Gasteiger partial charge on any atom is 0.264 e. The van der Waals surface area contributed by atoms with Gasteiger partial charge >= 0.3 is 0 Å². The van der Waals surface area contributed by atoms with Crippen LogP contribution in [-0.4, -0.2) is 30.4 Å². The number of halogens is 3. The Morgan fingerprint density at radius 1 is 1.46 bits per heavy atom. The Labute approximate surface area is 157 Å². The summed E-state index contributed by atoms with van der Waals surface area (Å²) in [7, 11) is 0. The molecule has 26 heavy (non-hydrogen) atoms. The van der Waals surface area contributed by atoms with Crippen LogP contribution < -0.4 is 10.1 Å². The summed E-state index contributed by atoms with van der Waals surface area (Å²) in [5.74, 6) is -1.90. The second-order valence-corrected chi connectivity index (χ2v) is 7.45. The van der Waals surface area contributed by atoms with Crippen LogP contribution >= 0.6 is 22.9 Å². The zero-order valence-corrected chi connectivity index (χ0v) is 15.2. The zero-order valence-electron chi connectivity index (χ0n) is 13.7. The van der Waals surface area contributed by atoms with E-state index >= 15 is 0 Å². The molecule has 0 saturated heterocycles. The van der Waals surface area contributed by atoms with E-state index in [1.807, 2.05) is 6.07 Å². The van der Waals surface area contributed by atoms with Crippen molar-refractivity contribution in [3.8, 4) is 5.75 Å². The van der Waals surface area contributed by atoms with Crippen LogP contribution in [-0.2, 0) is 9.63 Å². The van der Waals surface area contributed by atoms with Crippen LogP contribution in [0.5, 0.6) is 5.75 Å². The average molecular weight is 401 g/mol. The van der Waals surface area contributed by atoms with E-state index < -0.39 is 23.8 Å². The number of oxime groups is 1. The molecule has 0 spiro atoms. The van der Waals surface area contributed by atoms with Crippen LogP contribution in [0.15, 0.2) is 35.5 Å². The van der Waals surface area contributed by atoms with Gasteiger partial charge in [0.25, 0.3) is 5.91 Å². The maximum absolute atomic E-state index is 13.5. The minimum atomic E-state index is -0.796. The monoisotopic (exact) mass is 400 g/mol. The number of amides is 1. The van der Waals surface area contributed by atoms with Crippen molar-refractivity contribution in [3.63, 3.8) is 0 Å². The first-order chi connectivity index (χ1) is 12.4. The van der Waals surface area contributed by atoms with Crippen LogP contribution in [0, 0.1) is 11.6 Å². The predicted octanol–water partition coefficient (Wildman–Crippen LogP) is 3.76. The van der Waals surface area contributed by atoms with Crippen LogP contribution in [0.2, 0.25) is 4.34 Å². The van der Waals surface area contributed by atoms with Crippen molar-refractivity contribution in [2.75, 3.05) is 6.61 Å². The average Bonchev–Trinajstić information content (AvgIpc) is 3.23. The van der Waals surface area contributed by atoms with Gasteiger partial charge in [0.1, 0.15) is 18.1 Å². The molecule has 1 aliphatic heterocycles. The molecule has 9 heteroatoms. The van der Waals surface area contributed by atoms with Crippen LogP contribution in [0.1, 0.15) is 18.2 Å². The van der Waals surface area contributed by atoms with E-state index in [2.05, 4.69) is 10.5 Å². The molecule has 1 amide bonds. The second kappa shape index (κ2) is 8.01. The van der Waals surface area contributed by atoms with Crippen LogP contribution in [0.4, 0.5) is 8.78 Å². The molecule has 0 aliphatic carbocycles. The van der Waals surface area contributed by atoms with E-state index in [9.17, 15) is 13.6 Å². The standard InChI is InChI=1S/C17H15ClF2N2O3S/c1-9(8-24-13-3-2-10(19)6-11(13)20)21-17(23)14-7-12(22-25-14)15-4-5-16(18)26-15/h2-6,9,14H,7-8H2,1H3,(H,21,23)/t9-,14+/m0/s1. The van der Waals surface area contributed by atoms with Crippen molar-refractivity contribution in [1.82, 2.24) is 5.32 Å². The summed E-state index contributed by atoms with van der Waals surface area (Å²) in [6.07, 6.45) is -0.404. The number of nitrogens with zero attached hydrogens (tertiary/aromatic N) is 1. The van der Waals surface area contributed by atoms with Crippen LogP contribution in [0.25, 0.3) is 0 Å². The van der Waals surface area contributed by atoms with Gasteiger partial charge in [0.2, 0.25) is 6.10 Å². The highest BCUT2D eigenvalue weighted by Crippen LogP contribution is 2.26. The van der Waals surface area contributed by atoms with E-state index in [0.717, 1.165) is 17.0 Å². The lowest BCUT2D eigenvalue weighted by Gasteiger charge is -2.17. The van der Waals surface area contributed by atoms with E-state index in [1.165, 1.54) is 17.4 Å². The van der Waals surface area contributed by atoms with Crippen molar-refractivity contribution in [2.24, 2.45) is 5.16 Å². The Balaban J connectivity index is 1.47. The summed E-state index contributed by atoms with van der Waals surface area (Å²) in [6.45, 7) is 1.73. The van der Waals surface area contributed by atoms with Crippen LogP contribution in [0.3, 0.4) is 0 Å². The summed E-state index contributed by atoms with van der Waals surface area (Å²) < 4.78 is 32.3. The molecule has 2 aromatic rings. The molecule has 0 radical (unpaired) electrons. The van der Waals surface area contributed by atoms with Gasteiger partial charge in [-0.05, 0) is 31.2 Å². The minimum absolute atomic E-state index is 0.0231. The lowest BCUT2D eigenvalue weighted by atomic mass is 10.1. The molecule has 0 fully saturated rings. The lowest BCUT2D eigenvalue weighted by molar-refractivity contribution is -0.132. The Morgan fingerprint density at radius 3 is 2.96 bits per heavy atom. The third-order valence-electron chi connectivity index (χ3n) is 3.59. The van der Waals surface area contributed by atoms with Gasteiger partial charge in [-0.25, -0.2) is 8.78 Å². The van der Waals surface area contributed by atoms with Gasteiger partial charge in [-0.1, -0.05) is 16.8 Å². The topological polar surface area (TPSA) is 59.9 Å². The van der Waals surface area contributed by atoms with E-state index in [4.69, 9.17) is 21.2 Å². The van der Waals surface area contributed by atoms with Crippen molar-refractivity contribution in [2.45, 2.75) is 25.5 Å². The van der Waals surface area contributed by atoms with Gasteiger partial charge < -0.3 is 14.9 Å². The Morgan fingerprint density at radius 2 is 2.27 bits per heavy atom. The first-order valence-corrected chi connectivity index (χ1v) is 8.98. The molecule has 2 heterocycles. The molecule has 5 nitrogen and oxygen atoms in total. The quantitative estimate of drug-likeness (QED) is 0.803. The molecular weight excluding hydrogens is 386 g/mol. The van der Waals surface area contributed by atoms with Gasteiger partial charge in [0.15, 0.2) is 11.6 Å². The third kappa shape index (κ3) is 4.50. The first-order valence-electron chi connectivity index (χ1n) is 7.79. The smallest absolute Gasteiger partial charge is 0.264 e. The zero-order chi connectivity index (χ0) is 18.7. The van der Waals surface area contributed by atoms with Gasteiger partial charge in [-0.3, -0.25) is 4.79 Å². The normalized spacial score (nSPS) is 17.4. The fourth-order valence-corrected chi connectivity index (χ4v) is 3.35. The highest BCUT2D eigenvalue weighted by atomic mass is 35.5. The summed E-state index contributed by atoms with van der Waals surface area (Å²) in [5.41, 5.74) is 0.666. The fourth-order valence-electron chi connectivity index (χ4n) is 2.32. The van der Waals surface area contributed by atoms with Gasteiger partial charge in [0.05, 0.1) is 15.3 Å². The Hall–Kier alpha value is -2.19. The number of thiophene rings is 1. The molecule has 1 aliphatic rings. The highest BCUT2D eigenvalue weighted by molar-refractivity contribution is 7.18. The molecule has 0 unspecified atom stereocenters. The summed E-state index contributed by atoms with van der Waals surface area (Å²) in [6, 6.07) is 6.21. The van der Waals surface area contributed by atoms with Gasteiger partial charge in [-0.2, -0.15) is 0 Å². The van der Waals surface area contributed by atoms with E-state index in [-0.39, 0.29) is 18.3 Å². The number of nitrogens with one attached hydrogen (secondary N) is 1. The van der Waals surface area contributed by atoms with Crippen molar-refractivity contribution in [1.29, 1.82) is 0 Å². The molecule has 1 aromatic carbocycles. The third-order valence-corrected chi connectivity index (χ3v) is 4.87. The highest BCUT2D eigenvalue weighted by Gasteiger charge is 2.30.